The normalized spacial score (nSPS) is 37.8. The molecule has 3 fully saturated rings. The molecular weight excluding hydrogens is 396 g/mol. The molecule has 0 radical (unpaired) electrons. The van der Waals surface area contributed by atoms with Crippen LogP contribution in [0.2, 0.25) is 18.6 Å². The molecule has 0 spiro atoms. The summed E-state index contributed by atoms with van der Waals surface area (Å²) in [5, 5.41) is 0. The Hall–Kier alpha value is 1.64. The first-order valence-electron chi connectivity index (χ1n) is 8.38. The second-order valence-corrected chi connectivity index (χ2v) is 16.9. The zero-order chi connectivity index (χ0) is 15.8. The number of rotatable bonds is 2. The fourth-order valence-electron chi connectivity index (χ4n) is 5.55. The van der Waals surface area contributed by atoms with Crippen molar-refractivity contribution in [3.8, 4) is 0 Å². The van der Waals surface area contributed by atoms with Crippen molar-refractivity contribution in [2.24, 2.45) is 23.7 Å². The van der Waals surface area contributed by atoms with Crippen molar-refractivity contribution in [2.75, 3.05) is 0 Å². The third kappa shape index (κ3) is 4.59. The van der Waals surface area contributed by atoms with Gasteiger partial charge in [0.1, 0.15) is 0 Å². The maximum absolute atomic E-state index is 5.26. The van der Waals surface area contributed by atoms with Gasteiger partial charge in [0.05, 0.1) is 0 Å². The molecule has 0 N–H and O–H groups in total. The van der Waals surface area contributed by atoms with Crippen LogP contribution in [0.1, 0.15) is 52.9 Å². The molecule has 3 rings (SSSR count). The Morgan fingerprint density at radius 2 is 1.38 bits per heavy atom. The van der Waals surface area contributed by atoms with E-state index in [9.17, 15) is 0 Å². The number of hydrogen-bond donors (Lipinski definition) is 0. The van der Waals surface area contributed by atoms with Gasteiger partial charge in [0.15, 0.2) is 0 Å². The monoisotopic (exact) mass is 424 g/mol. The van der Waals surface area contributed by atoms with E-state index in [1.54, 1.807) is 19.3 Å². The molecule has 3 saturated carbocycles. The summed E-state index contributed by atoms with van der Waals surface area (Å²) in [6, 6.07) is 0. The van der Waals surface area contributed by atoms with Gasteiger partial charge in [-0.05, 0) is 42.9 Å². The second-order valence-electron chi connectivity index (χ2n) is 8.84. The third-order valence-electron chi connectivity index (χ3n) is 6.01. The first-order chi connectivity index (χ1) is 9.68. The molecule has 5 heteroatoms. The Labute approximate surface area is 151 Å². The van der Waals surface area contributed by atoms with Crippen LogP contribution in [0.25, 0.3) is 4.98 Å². The SMILES string of the molecule is CC(C)(C)[N-][Si](C)(C)C1CC2C(C1)[C@H]1CC[C@@H]2C1.[Cl][Zr+2][Cl]. The minimum absolute atomic E-state index is 0.173. The zero-order valence-electron chi connectivity index (χ0n) is 14.1. The second kappa shape index (κ2) is 7.26. The van der Waals surface area contributed by atoms with Crippen LogP contribution in [0, 0.1) is 23.7 Å². The van der Waals surface area contributed by atoms with Gasteiger partial charge < -0.3 is 4.98 Å². The molecule has 2 bridgehead atoms. The van der Waals surface area contributed by atoms with E-state index < -0.39 is 29.1 Å². The summed E-state index contributed by atoms with van der Waals surface area (Å²) in [5.74, 6) is 4.44. The maximum atomic E-state index is 5.26. The molecule has 3 aliphatic rings. The molecule has 3 aliphatic carbocycles. The molecule has 5 atom stereocenters. The minimum atomic E-state index is -1.38. The van der Waals surface area contributed by atoms with Gasteiger partial charge in [-0.25, -0.2) is 0 Å². The van der Waals surface area contributed by atoms with E-state index in [1.165, 1.54) is 12.8 Å². The van der Waals surface area contributed by atoms with Gasteiger partial charge in [-0.3, -0.25) is 0 Å². The first kappa shape index (κ1) is 19.0. The van der Waals surface area contributed by atoms with Gasteiger partial charge in [-0.2, -0.15) is 0 Å². The van der Waals surface area contributed by atoms with Crippen molar-refractivity contribution in [1.82, 2.24) is 0 Å². The zero-order valence-corrected chi connectivity index (χ0v) is 19.1. The van der Waals surface area contributed by atoms with E-state index >= 15 is 0 Å². The predicted molar refractivity (Wildman–Crippen MR) is 93.1 cm³/mol. The predicted octanol–water partition coefficient (Wildman–Crippen LogP) is 6.57. The molecule has 0 aliphatic heterocycles. The fourth-order valence-corrected chi connectivity index (χ4v) is 9.16. The van der Waals surface area contributed by atoms with E-state index in [0.717, 1.165) is 29.2 Å². The van der Waals surface area contributed by atoms with Crippen molar-refractivity contribution in [1.29, 1.82) is 0 Å². The number of nitrogens with zero attached hydrogens (tertiary/aromatic N) is 1. The Bertz CT molecular complexity index is 341. The van der Waals surface area contributed by atoms with E-state index in [2.05, 4.69) is 33.9 Å². The van der Waals surface area contributed by atoms with Crippen molar-refractivity contribution in [3.63, 3.8) is 0 Å². The first-order valence-corrected chi connectivity index (χ1v) is 17.7. The summed E-state index contributed by atoms with van der Waals surface area (Å²) in [6.45, 7) is 11.9. The quantitative estimate of drug-likeness (QED) is 0.444. The van der Waals surface area contributed by atoms with Gasteiger partial charge in [0, 0.05) is 0 Å². The van der Waals surface area contributed by atoms with Crippen LogP contribution in [-0.2, 0) is 20.8 Å². The Morgan fingerprint density at radius 1 is 0.952 bits per heavy atom. The van der Waals surface area contributed by atoms with Crippen molar-refractivity contribution < 1.29 is 20.8 Å². The number of hydrogen-bond acceptors (Lipinski definition) is 0. The van der Waals surface area contributed by atoms with Crippen LogP contribution in [0.5, 0.6) is 0 Å². The summed E-state index contributed by atoms with van der Waals surface area (Å²) >= 11 is -0.826. The molecule has 3 unspecified atom stereocenters. The summed E-state index contributed by atoms with van der Waals surface area (Å²) < 4.78 is 0. The summed E-state index contributed by atoms with van der Waals surface area (Å²) in [5.41, 5.74) is 1.15. The van der Waals surface area contributed by atoms with Gasteiger partial charge in [-0.1, -0.05) is 60.5 Å². The van der Waals surface area contributed by atoms with E-state index in [0.29, 0.717) is 0 Å². The topological polar surface area (TPSA) is 14.1 Å². The Kier molecular flexibility index (Phi) is 6.56. The van der Waals surface area contributed by atoms with Crippen LogP contribution in [0.3, 0.4) is 0 Å². The molecule has 1 nitrogen and oxygen atoms in total. The molecular formula is C16H30Cl2NSiZr+. The van der Waals surface area contributed by atoms with E-state index in [4.69, 9.17) is 22.0 Å². The van der Waals surface area contributed by atoms with Gasteiger partial charge in [0.25, 0.3) is 0 Å². The number of fused-ring (bicyclic) bond motifs is 5. The molecule has 0 amide bonds. The van der Waals surface area contributed by atoms with Gasteiger partial charge >= 0.3 is 37.9 Å². The fraction of sp³-hybridized carbons (Fsp3) is 1.00. The Balaban J connectivity index is 0.000000497. The van der Waals surface area contributed by atoms with Crippen LogP contribution in [-0.4, -0.2) is 13.8 Å². The van der Waals surface area contributed by atoms with E-state index in [-0.39, 0.29) is 5.54 Å². The Morgan fingerprint density at radius 3 is 1.76 bits per heavy atom. The molecule has 0 aromatic carbocycles. The van der Waals surface area contributed by atoms with Crippen molar-refractivity contribution in [3.05, 3.63) is 4.98 Å². The van der Waals surface area contributed by atoms with Gasteiger partial charge in [-0.15, -0.1) is 5.54 Å². The molecule has 0 aromatic rings. The molecule has 21 heavy (non-hydrogen) atoms. The van der Waals surface area contributed by atoms with Crippen molar-refractivity contribution >= 4 is 25.3 Å². The average molecular weight is 427 g/mol. The average Bonchev–Trinajstić information content (AvgIpc) is 3.00. The third-order valence-corrected chi connectivity index (χ3v) is 9.73. The van der Waals surface area contributed by atoms with Gasteiger partial charge in [0.2, 0.25) is 0 Å². The summed E-state index contributed by atoms with van der Waals surface area (Å²) in [4.78, 5) is 5.26. The van der Waals surface area contributed by atoms with Crippen LogP contribution in [0.15, 0.2) is 0 Å². The van der Waals surface area contributed by atoms with Crippen molar-refractivity contribution in [2.45, 2.75) is 77.0 Å². The number of halogens is 2. The molecule has 120 valence electrons. The van der Waals surface area contributed by atoms with Crippen LogP contribution in [0.4, 0.5) is 0 Å². The molecule has 0 heterocycles. The molecule has 0 saturated heterocycles. The standard InChI is InChI=1S/C16H30NSi.2ClH.Zr/c1-16(2,3)17-18(4,5)13-9-14-11-6-7-12(8-11)15(14)10-13;;;/h11-15H,6-10H2,1-5H3;2*1H;/q-1;;;+4/p-2/t11-,12+,13?,14?,15?;;;. The van der Waals surface area contributed by atoms with E-state index in [1.807, 2.05) is 0 Å². The summed E-state index contributed by atoms with van der Waals surface area (Å²) in [6.07, 6.45) is 7.75. The van der Waals surface area contributed by atoms with Crippen LogP contribution >= 0.6 is 17.0 Å². The summed E-state index contributed by atoms with van der Waals surface area (Å²) in [7, 11) is 8.49. The van der Waals surface area contributed by atoms with Crippen LogP contribution < -0.4 is 0 Å². The molecule has 0 aromatic heterocycles.